The zero-order valence-electron chi connectivity index (χ0n) is 13.8. The zero-order valence-corrected chi connectivity index (χ0v) is 14.6. The fourth-order valence-corrected chi connectivity index (χ4v) is 2.68. The van der Waals surface area contributed by atoms with Crippen LogP contribution < -0.4 is 5.32 Å². The number of halogens is 1. The van der Waals surface area contributed by atoms with Crippen LogP contribution >= 0.6 is 11.6 Å². The normalized spacial score (nSPS) is 11.2. The number of nitrogens with one attached hydrogen (secondary N) is 1. The summed E-state index contributed by atoms with van der Waals surface area (Å²) in [5, 5.41) is 21.1. The maximum absolute atomic E-state index is 12.0. The molecule has 2 N–H and O–H groups in total. The van der Waals surface area contributed by atoms with Gasteiger partial charge in [-0.1, -0.05) is 35.9 Å². The van der Waals surface area contributed by atoms with Crippen LogP contribution in [-0.2, 0) is 11.8 Å². The molecule has 0 saturated heterocycles. The summed E-state index contributed by atoms with van der Waals surface area (Å²) in [7, 11) is 1.68. The van der Waals surface area contributed by atoms with Crippen LogP contribution in [0.3, 0.4) is 0 Å². The third-order valence-corrected chi connectivity index (χ3v) is 4.03. The van der Waals surface area contributed by atoms with E-state index in [1.165, 1.54) is 6.07 Å². The number of para-hydroxylation sites is 1. The van der Waals surface area contributed by atoms with Gasteiger partial charge in [0.2, 0.25) is 5.88 Å². The number of benzene rings is 2. The quantitative estimate of drug-likeness (QED) is 0.687. The van der Waals surface area contributed by atoms with Gasteiger partial charge in [0.05, 0.1) is 5.52 Å². The van der Waals surface area contributed by atoms with Gasteiger partial charge in [0.1, 0.15) is 6.54 Å². The Morgan fingerprint density at radius 1 is 1.19 bits per heavy atom. The minimum atomic E-state index is -0.646. The van der Waals surface area contributed by atoms with E-state index >= 15 is 0 Å². The van der Waals surface area contributed by atoms with Gasteiger partial charge in [-0.2, -0.15) is 0 Å². The molecule has 1 aromatic heterocycles. The summed E-state index contributed by atoms with van der Waals surface area (Å²) >= 11 is 5.83. The molecule has 0 bridgehead atoms. The van der Waals surface area contributed by atoms with E-state index in [9.17, 15) is 14.7 Å². The lowest BCUT2D eigenvalue weighted by Gasteiger charge is -2.02. The van der Waals surface area contributed by atoms with Crippen molar-refractivity contribution in [1.29, 1.82) is 0 Å². The lowest BCUT2D eigenvalue weighted by Crippen LogP contribution is -2.28. The van der Waals surface area contributed by atoms with Crippen molar-refractivity contribution in [2.75, 3.05) is 6.54 Å². The smallest absolute Gasteiger partial charge is 0.283 e. The minimum Gasteiger partial charge on any atom is -0.493 e. The summed E-state index contributed by atoms with van der Waals surface area (Å²) in [6.45, 7) is -0.319. The summed E-state index contributed by atoms with van der Waals surface area (Å²) < 4.78 is 1.55. The van der Waals surface area contributed by atoms with E-state index in [1.54, 1.807) is 41.9 Å². The molecule has 0 spiro atoms. The molecule has 0 fully saturated rings. The molecule has 0 saturated carbocycles. The largest absolute Gasteiger partial charge is 0.493 e. The first-order valence-corrected chi connectivity index (χ1v) is 8.10. The molecule has 0 atom stereocenters. The second kappa shape index (κ2) is 7.37. The predicted octanol–water partition coefficient (Wildman–Crippen LogP) is 3.58. The number of rotatable bonds is 4. The second-order valence-electron chi connectivity index (χ2n) is 5.54. The lowest BCUT2D eigenvalue weighted by molar-refractivity contribution is -0.117. The second-order valence-corrected chi connectivity index (χ2v) is 5.97. The van der Waals surface area contributed by atoms with Crippen molar-refractivity contribution in [3.63, 3.8) is 0 Å². The van der Waals surface area contributed by atoms with Gasteiger partial charge in [-0.05, 0) is 24.3 Å². The van der Waals surface area contributed by atoms with Gasteiger partial charge < -0.3 is 15.0 Å². The van der Waals surface area contributed by atoms with Crippen LogP contribution in [0.25, 0.3) is 10.9 Å². The van der Waals surface area contributed by atoms with Gasteiger partial charge in [0, 0.05) is 23.0 Å². The molecule has 2 aromatic carbocycles. The average molecular weight is 371 g/mol. The highest BCUT2D eigenvalue weighted by atomic mass is 35.5. The highest BCUT2D eigenvalue weighted by molar-refractivity contribution is 6.31. The van der Waals surface area contributed by atoms with Gasteiger partial charge in [-0.25, -0.2) is 0 Å². The van der Waals surface area contributed by atoms with E-state index in [2.05, 4.69) is 15.5 Å². The molecule has 0 aliphatic rings. The molecule has 0 radical (unpaired) electrons. The highest BCUT2D eigenvalue weighted by Crippen LogP contribution is 2.37. The maximum atomic E-state index is 12.0. The van der Waals surface area contributed by atoms with Crippen molar-refractivity contribution in [3.05, 3.63) is 59.1 Å². The van der Waals surface area contributed by atoms with Gasteiger partial charge >= 0.3 is 0 Å². The maximum Gasteiger partial charge on any atom is 0.283 e. The molecule has 7 nitrogen and oxygen atoms in total. The third-order valence-electron chi connectivity index (χ3n) is 3.80. The fourth-order valence-electron chi connectivity index (χ4n) is 2.49. The first kappa shape index (κ1) is 17.6. The van der Waals surface area contributed by atoms with Crippen molar-refractivity contribution >= 4 is 40.0 Å². The van der Waals surface area contributed by atoms with Gasteiger partial charge in [0.15, 0.2) is 5.69 Å². The molecule has 8 heteroatoms. The third kappa shape index (κ3) is 3.57. The first-order valence-electron chi connectivity index (χ1n) is 7.72. The standard InChI is InChI=1S/C18H15ClN4O3/c1-23-14-8-3-2-7-13(14)16(18(23)26)22-21-15(24)10-20-17(25)11-5-4-6-12(19)9-11/h2-9,26H,10H2,1H3,(H,20,25). The lowest BCUT2D eigenvalue weighted by atomic mass is 10.2. The summed E-state index contributed by atoms with van der Waals surface area (Å²) in [6, 6.07) is 13.6. The van der Waals surface area contributed by atoms with Crippen LogP contribution in [0, 0.1) is 0 Å². The van der Waals surface area contributed by atoms with E-state index in [1.807, 2.05) is 12.1 Å². The Hall–Kier alpha value is -3.19. The summed E-state index contributed by atoms with van der Waals surface area (Å²) in [5.74, 6) is -1.18. The molecule has 26 heavy (non-hydrogen) atoms. The molecular formula is C18H15ClN4O3. The molecule has 2 amide bonds. The Labute approximate surface area is 153 Å². The van der Waals surface area contributed by atoms with Crippen LogP contribution in [0.2, 0.25) is 5.02 Å². The molecule has 0 aliphatic heterocycles. The summed E-state index contributed by atoms with van der Waals surface area (Å²) in [4.78, 5) is 23.9. The van der Waals surface area contributed by atoms with Crippen LogP contribution in [0.4, 0.5) is 5.69 Å². The van der Waals surface area contributed by atoms with Crippen molar-refractivity contribution in [2.45, 2.75) is 0 Å². The average Bonchev–Trinajstić information content (AvgIpc) is 2.89. The number of aryl methyl sites for hydroxylation is 1. The van der Waals surface area contributed by atoms with E-state index < -0.39 is 11.8 Å². The number of hydrogen-bond acceptors (Lipinski definition) is 4. The van der Waals surface area contributed by atoms with Crippen LogP contribution in [0.1, 0.15) is 10.4 Å². The minimum absolute atomic E-state index is 0.0919. The molecule has 0 unspecified atom stereocenters. The van der Waals surface area contributed by atoms with Crippen LogP contribution in [-0.4, -0.2) is 28.0 Å². The van der Waals surface area contributed by atoms with Crippen LogP contribution in [0.15, 0.2) is 58.8 Å². The summed E-state index contributed by atoms with van der Waals surface area (Å²) in [5.41, 5.74) is 1.31. The van der Waals surface area contributed by atoms with Crippen molar-refractivity contribution in [2.24, 2.45) is 17.3 Å². The van der Waals surface area contributed by atoms with Crippen molar-refractivity contribution in [3.8, 4) is 5.88 Å². The Bertz CT molecular complexity index is 1030. The molecule has 3 aromatic rings. The Balaban J connectivity index is 1.69. The van der Waals surface area contributed by atoms with Gasteiger partial charge in [0.25, 0.3) is 11.8 Å². The van der Waals surface area contributed by atoms with E-state index in [0.29, 0.717) is 16.0 Å². The fraction of sp³-hybridized carbons (Fsp3) is 0.111. The number of aromatic hydroxyl groups is 1. The SMILES string of the molecule is Cn1c(O)c(N=NC(=O)CNC(=O)c2cccc(Cl)c2)c2ccccc21. The van der Waals surface area contributed by atoms with Crippen LogP contribution in [0.5, 0.6) is 5.88 Å². The number of carbonyl (C=O) groups is 2. The summed E-state index contributed by atoms with van der Waals surface area (Å²) in [6.07, 6.45) is 0. The van der Waals surface area contributed by atoms with Gasteiger partial charge in [-0.15, -0.1) is 10.2 Å². The number of carbonyl (C=O) groups excluding carboxylic acids is 2. The molecule has 1 heterocycles. The number of nitrogens with zero attached hydrogens (tertiary/aromatic N) is 3. The number of hydrogen-bond donors (Lipinski definition) is 2. The number of aromatic nitrogens is 1. The molecule has 0 aliphatic carbocycles. The molecule has 3 rings (SSSR count). The Morgan fingerprint density at radius 3 is 2.73 bits per heavy atom. The van der Waals surface area contributed by atoms with E-state index in [0.717, 1.165) is 5.52 Å². The van der Waals surface area contributed by atoms with Crippen molar-refractivity contribution in [1.82, 2.24) is 9.88 Å². The number of fused-ring (bicyclic) bond motifs is 1. The zero-order chi connectivity index (χ0) is 18.7. The number of amides is 2. The number of azo groups is 1. The predicted molar refractivity (Wildman–Crippen MR) is 97.9 cm³/mol. The molecule has 132 valence electrons. The van der Waals surface area contributed by atoms with Crippen molar-refractivity contribution < 1.29 is 14.7 Å². The monoisotopic (exact) mass is 370 g/mol. The highest BCUT2D eigenvalue weighted by Gasteiger charge is 2.14. The van der Waals surface area contributed by atoms with E-state index in [4.69, 9.17) is 11.6 Å². The Kier molecular flexibility index (Phi) is 4.99. The Morgan fingerprint density at radius 2 is 1.96 bits per heavy atom. The van der Waals surface area contributed by atoms with E-state index in [-0.39, 0.29) is 18.1 Å². The molecular weight excluding hydrogens is 356 g/mol. The topological polar surface area (TPSA) is 96.0 Å². The van der Waals surface area contributed by atoms with Gasteiger partial charge in [-0.3, -0.25) is 9.59 Å². The first-order chi connectivity index (χ1) is 12.5.